The largest absolute Gasteiger partial charge is 0.409 e. The second kappa shape index (κ2) is 5.71. The third-order valence-corrected chi connectivity index (χ3v) is 3.09. The fourth-order valence-electron chi connectivity index (χ4n) is 2.08. The van der Waals surface area contributed by atoms with Gasteiger partial charge in [-0.05, 0) is 31.9 Å². The summed E-state index contributed by atoms with van der Waals surface area (Å²) in [7, 11) is 0. The zero-order valence-corrected chi connectivity index (χ0v) is 10.7. The van der Waals surface area contributed by atoms with E-state index in [1.54, 1.807) is 24.3 Å². The first-order valence-corrected chi connectivity index (χ1v) is 6.15. The minimum atomic E-state index is -0.435. The Labute approximate surface area is 111 Å². The van der Waals surface area contributed by atoms with Gasteiger partial charge in [0.1, 0.15) is 6.10 Å². The highest BCUT2D eigenvalue weighted by molar-refractivity contribution is 6.06. The van der Waals surface area contributed by atoms with E-state index in [0.29, 0.717) is 17.7 Å². The van der Waals surface area contributed by atoms with Crippen LogP contribution < -0.4 is 11.1 Å². The van der Waals surface area contributed by atoms with Crippen molar-refractivity contribution in [1.29, 1.82) is 0 Å². The van der Waals surface area contributed by atoms with Crippen molar-refractivity contribution in [3.63, 3.8) is 0 Å². The topological polar surface area (TPSA) is 96.9 Å². The number of nitrogens with one attached hydrogen (secondary N) is 1. The number of para-hydroxylation sites is 1. The van der Waals surface area contributed by atoms with Crippen molar-refractivity contribution in [2.75, 3.05) is 5.32 Å². The molecule has 0 aliphatic carbocycles. The molecule has 6 heteroatoms. The number of benzene rings is 1. The molecular formula is C13H17N3O3. The highest BCUT2D eigenvalue weighted by Gasteiger charge is 2.28. The maximum absolute atomic E-state index is 12.0. The second-order valence-electron chi connectivity index (χ2n) is 4.53. The zero-order valence-electron chi connectivity index (χ0n) is 10.7. The Bertz CT molecular complexity index is 502. The van der Waals surface area contributed by atoms with E-state index in [1.165, 1.54) is 0 Å². The first-order chi connectivity index (χ1) is 9.11. The molecule has 0 bridgehead atoms. The lowest BCUT2D eigenvalue weighted by atomic mass is 10.1. The number of hydrogen-bond donors (Lipinski definition) is 3. The van der Waals surface area contributed by atoms with Crippen molar-refractivity contribution >= 4 is 17.4 Å². The van der Waals surface area contributed by atoms with Crippen LogP contribution in [0.1, 0.15) is 25.3 Å². The number of ether oxygens (including phenoxy) is 1. The fourth-order valence-corrected chi connectivity index (χ4v) is 2.08. The lowest BCUT2D eigenvalue weighted by Gasteiger charge is -2.14. The molecule has 102 valence electrons. The van der Waals surface area contributed by atoms with Crippen LogP contribution >= 0.6 is 0 Å². The van der Waals surface area contributed by atoms with Gasteiger partial charge in [-0.25, -0.2) is 0 Å². The number of anilines is 1. The fraction of sp³-hybridized carbons (Fsp3) is 0.385. The van der Waals surface area contributed by atoms with Crippen LogP contribution in [0.5, 0.6) is 0 Å². The SMILES string of the molecule is CC1CCC(C(=O)Nc2ccccc2/C(N)=N/O)O1. The Kier molecular flexibility index (Phi) is 4.01. The molecule has 1 aromatic rings. The molecule has 4 N–H and O–H groups in total. The van der Waals surface area contributed by atoms with Gasteiger partial charge in [-0.1, -0.05) is 17.3 Å². The van der Waals surface area contributed by atoms with Gasteiger partial charge in [0.05, 0.1) is 11.8 Å². The smallest absolute Gasteiger partial charge is 0.253 e. The van der Waals surface area contributed by atoms with Gasteiger partial charge < -0.3 is 21.0 Å². The van der Waals surface area contributed by atoms with E-state index in [9.17, 15) is 4.79 Å². The quantitative estimate of drug-likeness (QED) is 0.331. The maximum atomic E-state index is 12.0. The number of nitrogens with two attached hydrogens (primary N) is 1. The summed E-state index contributed by atoms with van der Waals surface area (Å²) in [6, 6.07) is 6.88. The summed E-state index contributed by atoms with van der Waals surface area (Å²) in [6.07, 6.45) is 1.25. The predicted molar refractivity (Wildman–Crippen MR) is 71.2 cm³/mol. The molecule has 0 saturated carbocycles. The van der Waals surface area contributed by atoms with E-state index in [0.717, 1.165) is 6.42 Å². The van der Waals surface area contributed by atoms with E-state index in [2.05, 4.69) is 10.5 Å². The van der Waals surface area contributed by atoms with E-state index >= 15 is 0 Å². The number of carbonyl (C=O) groups excluding carboxylic acids is 1. The van der Waals surface area contributed by atoms with Gasteiger partial charge in [-0.3, -0.25) is 4.79 Å². The molecule has 19 heavy (non-hydrogen) atoms. The zero-order chi connectivity index (χ0) is 13.8. The molecule has 1 aliphatic heterocycles. The highest BCUT2D eigenvalue weighted by Crippen LogP contribution is 2.21. The Hall–Kier alpha value is -2.08. The maximum Gasteiger partial charge on any atom is 0.253 e. The van der Waals surface area contributed by atoms with Crippen LogP contribution in [-0.2, 0) is 9.53 Å². The van der Waals surface area contributed by atoms with E-state index in [4.69, 9.17) is 15.7 Å². The van der Waals surface area contributed by atoms with E-state index in [1.807, 2.05) is 6.92 Å². The predicted octanol–water partition coefficient (Wildman–Crippen LogP) is 1.29. The molecule has 0 radical (unpaired) electrons. The standard InChI is InChI=1S/C13H17N3O3/c1-8-6-7-11(19-8)13(17)15-10-5-3-2-4-9(10)12(14)16-18/h2-5,8,11,18H,6-7H2,1H3,(H2,14,16)(H,15,17). The van der Waals surface area contributed by atoms with E-state index in [-0.39, 0.29) is 17.8 Å². The summed E-state index contributed by atoms with van der Waals surface area (Å²) in [4.78, 5) is 12.0. The molecule has 1 aromatic carbocycles. The van der Waals surface area contributed by atoms with Crippen molar-refractivity contribution in [1.82, 2.24) is 0 Å². The van der Waals surface area contributed by atoms with Gasteiger partial charge >= 0.3 is 0 Å². The monoisotopic (exact) mass is 263 g/mol. The molecule has 0 aromatic heterocycles. The van der Waals surface area contributed by atoms with Crippen LogP contribution in [0.15, 0.2) is 29.4 Å². The number of nitrogens with zero attached hydrogens (tertiary/aromatic N) is 1. The van der Waals surface area contributed by atoms with Crippen LogP contribution in [0.2, 0.25) is 0 Å². The lowest BCUT2D eigenvalue weighted by Crippen LogP contribution is -2.29. The van der Waals surface area contributed by atoms with Crippen LogP contribution in [0.3, 0.4) is 0 Å². The number of carbonyl (C=O) groups is 1. The van der Waals surface area contributed by atoms with Gasteiger partial charge in [0, 0.05) is 5.56 Å². The third-order valence-electron chi connectivity index (χ3n) is 3.09. The highest BCUT2D eigenvalue weighted by atomic mass is 16.5. The Morgan fingerprint density at radius 3 is 2.84 bits per heavy atom. The summed E-state index contributed by atoms with van der Waals surface area (Å²) in [5.74, 6) is -0.251. The van der Waals surface area contributed by atoms with Crippen molar-refractivity contribution < 1.29 is 14.7 Å². The molecule has 1 aliphatic rings. The summed E-state index contributed by atoms with van der Waals surface area (Å²) < 4.78 is 5.50. The molecule has 1 saturated heterocycles. The van der Waals surface area contributed by atoms with Crippen LogP contribution in [0.4, 0.5) is 5.69 Å². The van der Waals surface area contributed by atoms with Gasteiger partial charge in [-0.2, -0.15) is 0 Å². The molecule has 6 nitrogen and oxygen atoms in total. The Balaban J connectivity index is 2.13. The number of oxime groups is 1. The minimum Gasteiger partial charge on any atom is -0.409 e. The summed E-state index contributed by atoms with van der Waals surface area (Å²) in [6.45, 7) is 1.94. The molecule has 1 heterocycles. The molecule has 2 unspecified atom stereocenters. The first-order valence-electron chi connectivity index (χ1n) is 6.15. The molecule has 2 atom stereocenters. The van der Waals surface area contributed by atoms with Crippen LogP contribution in [-0.4, -0.2) is 29.2 Å². The molecule has 2 rings (SSSR count). The number of hydrogen-bond acceptors (Lipinski definition) is 4. The first kappa shape index (κ1) is 13.4. The van der Waals surface area contributed by atoms with Gasteiger partial charge in [-0.15, -0.1) is 0 Å². The number of amidine groups is 1. The normalized spacial score (nSPS) is 23.3. The lowest BCUT2D eigenvalue weighted by molar-refractivity contribution is -0.126. The molecule has 1 fully saturated rings. The third kappa shape index (κ3) is 3.03. The van der Waals surface area contributed by atoms with Crippen molar-refractivity contribution in [2.45, 2.75) is 32.0 Å². The van der Waals surface area contributed by atoms with Crippen molar-refractivity contribution in [2.24, 2.45) is 10.9 Å². The van der Waals surface area contributed by atoms with Crippen molar-refractivity contribution in [3.8, 4) is 0 Å². The van der Waals surface area contributed by atoms with Crippen LogP contribution in [0, 0.1) is 0 Å². The molecular weight excluding hydrogens is 246 g/mol. The Morgan fingerprint density at radius 2 is 2.21 bits per heavy atom. The van der Waals surface area contributed by atoms with E-state index < -0.39 is 6.10 Å². The molecule has 0 spiro atoms. The average Bonchev–Trinajstić information content (AvgIpc) is 2.85. The van der Waals surface area contributed by atoms with Gasteiger partial charge in [0.2, 0.25) is 0 Å². The summed E-state index contributed by atoms with van der Waals surface area (Å²) in [5, 5.41) is 14.4. The number of rotatable bonds is 3. The Morgan fingerprint density at radius 1 is 1.47 bits per heavy atom. The van der Waals surface area contributed by atoms with Crippen LogP contribution in [0.25, 0.3) is 0 Å². The molecule has 1 amide bonds. The summed E-state index contributed by atoms with van der Waals surface area (Å²) in [5.41, 5.74) is 6.55. The number of amides is 1. The second-order valence-corrected chi connectivity index (χ2v) is 4.53. The average molecular weight is 263 g/mol. The summed E-state index contributed by atoms with van der Waals surface area (Å²) >= 11 is 0. The van der Waals surface area contributed by atoms with Crippen molar-refractivity contribution in [3.05, 3.63) is 29.8 Å². The minimum absolute atomic E-state index is 0.0448. The van der Waals surface area contributed by atoms with Gasteiger partial charge in [0.15, 0.2) is 5.84 Å². The van der Waals surface area contributed by atoms with Gasteiger partial charge in [0.25, 0.3) is 5.91 Å².